The zero-order valence-corrected chi connectivity index (χ0v) is 11.1. The lowest BCUT2D eigenvalue weighted by atomic mass is 10.2. The number of thiocarbonyl (C=S) groups is 1. The molecule has 1 aromatic carbocycles. The lowest BCUT2D eigenvalue weighted by Crippen LogP contribution is -2.37. The molecular formula is C13H20N2S. The Labute approximate surface area is 104 Å². The fraction of sp³-hybridized carbons (Fsp3) is 0.462. The number of nitrogens with zero attached hydrogens (tertiary/aromatic N) is 1. The van der Waals surface area contributed by atoms with E-state index in [-0.39, 0.29) is 0 Å². The number of aryl methyl sites for hydroxylation is 1. The number of rotatable bonds is 4. The van der Waals surface area contributed by atoms with E-state index in [1.54, 1.807) is 0 Å². The van der Waals surface area contributed by atoms with Crippen LogP contribution >= 0.6 is 12.2 Å². The summed E-state index contributed by atoms with van der Waals surface area (Å²) < 4.78 is 0. The van der Waals surface area contributed by atoms with Gasteiger partial charge in [-0.3, -0.25) is 0 Å². The second-order valence-corrected chi connectivity index (χ2v) is 4.37. The molecule has 0 radical (unpaired) electrons. The second kappa shape index (κ2) is 6.48. The van der Waals surface area contributed by atoms with Crippen molar-refractivity contribution in [1.82, 2.24) is 5.32 Å². The summed E-state index contributed by atoms with van der Waals surface area (Å²) in [7, 11) is 1.99. The monoisotopic (exact) mass is 236 g/mol. The van der Waals surface area contributed by atoms with Gasteiger partial charge in [-0.2, -0.15) is 0 Å². The molecule has 0 bridgehead atoms. The summed E-state index contributed by atoms with van der Waals surface area (Å²) in [6.07, 6.45) is 2.34. The maximum Gasteiger partial charge on any atom is 0.173 e. The average molecular weight is 236 g/mol. The number of benzene rings is 1. The van der Waals surface area contributed by atoms with Crippen LogP contribution in [0.4, 0.5) is 5.69 Å². The van der Waals surface area contributed by atoms with Gasteiger partial charge in [0.2, 0.25) is 0 Å². The molecule has 3 heteroatoms. The SMILES string of the molecule is CCCCNC(=S)N(C)c1ccc(C)cc1. The summed E-state index contributed by atoms with van der Waals surface area (Å²) in [4.78, 5) is 2.00. The zero-order chi connectivity index (χ0) is 12.0. The van der Waals surface area contributed by atoms with Crippen LogP contribution in [-0.2, 0) is 0 Å². The minimum absolute atomic E-state index is 0.789. The van der Waals surface area contributed by atoms with E-state index in [9.17, 15) is 0 Å². The molecule has 0 aliphatic carbocycles. The van der Waals surface area contributed by atoms with E-state index in [4.69, 9.17) is 12.2 Å². The Bertz CT molecular complexity index is 332. The van der Waals surface area contributed by atoms with Crippen molar-refractivity contribution in [2.45, 2.75) is 26.7 Å². The quantitative estimate of drug-likeness (QED) is 0.639. The van der Waals surface area contributed by atoms with Gasteiger partial charge >= 0.3 is 0 Å². The van der Waals surface area contributed by atoms with Gasteiger partial charge in [-0.15, -0.1) is 0 Å². The largest absolute Gasteiger partial charge is 0.362 e. The van der Waals surface area contributed by atoms with Crippen LogP contribution in [-0.4, -0.2) is 18.7 Å². The summed E-state index contributed by atoms with van der Waals surface area (Å²) in [5.74, 6) is 0. The number of nitrogens with one attached hydrogen (secondary N) is 1. The van der Waals surface area contributed by atoms with Gasteiger partial charge in [0, 0.05) is 19.3 Å². The van der Waals surface area contributed by atoms with E-state index in [0.29, 0.717) is 0 Å². The molecule has 0 atom stereocenters. The van der Waals surface area contributed by atoms with Gasteiger partial charge < -0.3 is 10.2 Å². The molecule has 0 unspecified atom stereocenters. The Balaban J connectivity index is 2.53. The van der Waals surface area contributed by atoms with E-state index in [0.717, 1.165) is 23.8 Å². The van der Waals surface area contributed by atoms with Crippen LogP contribution in [0.2, 0.25) is 0 Å². The Morgan fingerprint density at radius 2 is 1.94 bits per heavy atom. The van der Waals surface area contributed by atoms with Crippen molar-refractivity contribution < 1.29 is 0 Å². The molecule has 1 rings (SSSR count). The third kappa shape index (κ3) is 3.81. The predicted molar refractivity (Wildman–Crippen MR) is 75.1 cm³/mol. The number of anilines is 1. The van der Waals surface area contributed by atoms with E-state index >= 15 is 0 Å². The fourth-order valence-electron chi connectivity index (χ4n) is 1.38. The maximum atomic E-state index is 5.32. The molecule has 0 spiro atoms. The minimum atomic E-state index is 0.789. The fourth-order valence-corrected chi connectivity index (χ4v) is 1.58. The first-order chi connectivity index (χ1) is 7.65. The molecule has 0 aromatic heterocycles. The van der Waals surface area contributed by atoms with Crippen molar-refractivity contribution in [3.63, 3.8) is 0 Å². The molecule has 16 heavy (non-hydrogen) atoms. The van der Waals surface area contributed by atoms with Crippen LogP contribution in [0.1, 0.15) is 25.3 Å². The topological polar surface area (TPSA) is 15.3 Å². The van der Waals surface area contributed by atoms with Gasteiger partial charge in [-0.25, -0.2) is 0 Å². The second-order valence-electron chi connectivity index (χ2n) is 3.98. The third-order valence-electron chi connectivity index (χ3n) is 2.53. The molecule has 0 amide bonds. The Morgan fingerprint density at radius 1 is 1.31 bits per heavy atom. The highest BCUT2D eigenvalue weighted by Gasteiger charge is 2.05. The molecule has 1 N–H and O–H groups in total. The molecule has 0 fully saturated rings. The molecule has 0 heterocycles. The summed E-state index contributed by atoms with van der Waals surface area (Å²) in [5, 5.41) is 4.04. The first-order valence-electron chi connectivity index (χ1n) is 5.73. The lowest BCUT2D eigenvalue weighted by molar-refractivity contribution is 0.754. The van der Waals surface area contributed by atoms with E-state index in [1.165, 1.54) is 12.0 Å². The number of unbranched alkanes of at least 4 members (excludes halogenated alkanes) is 1. The smallest absolute Gasteiger partial charge is 0.173 e. The summed E-state index contributed by atoms with van der Waals surface area (Å²) in [5.41, 5.74) is 2.39. The van der Waals surface area contributed by atoms with Crippen molar-refractivity contribution in [3.8, 4) is 0 Å². The molecule has 0 aliphatic heterocycles. The third-order valence-corrected chi connectivity index (χ3v) is 2.95. The van der Waals surface area contributed by atoms with Crippen molar-refractivity contribution >= 4 is 23.0 Å². The highest BCUT2D eigenvalue weighted by molar-refractivity contribution is 7.80. The van der Waals surface area contributed by atoms with E-state index < -0.39 is 0 Å². The average Bonchev–Trinajstić information content (AvgIpc) is 2.29. The summed E-state index contributed by atoms with van der Waals surface area (Å²) in [6, 6.07) is 8.37. The molecule has 0 aliphatic rings. The Morgan fingerprint density at radius 3 is 2.50 bits per heavy atom. The van der Waals surface area contributed by atoms with E-state index in [1.807, 2.05) is 11.9 Å². The first-order valence-corrected chi connectivity index (χ1v) is 6.14. The van der Waals surface area contributed by atoms with Gasteiger partial charge in [0.15, 0.2) is 5.11 Å². The molecular weight excluding hydrogens is 216 g/mol. The van der Waals surface area contributed by atoms with Gasteiger partial charge in [-0.1, -0.05) is 31.0 Å². The summed E-state index contributed by atoms with van der Waals surface area (Å²) in [6.45, 7) is 5.21. The van der Waals surface area contributed by atoms with Gasteiger partial charge in [-0.05, 0) is 37.7 Å². The van der Waals surface area contributed by atoms with Crippen LogP contribution in [0.25, 0.3) is 0 Å². The molecule has 2 nitrogen and oxygen atoms in total. The normalized spacial score (nSPS) is 9.94. The number of hydrogen-bond acceptors (Lipinski definition) is 1. The van der Waals surface area contributed by atoms with Crippen molar-refractivity contribution in [2.24, 2.45) is 0 Å². The standard InChI is InChI=1S/C13H20N2S/c1-4-5-10-14-13(16)15(3)12-8-6-11(2)7-9-12/h6-9H,4-5,10H2,1-3H3,(H,14,16). The first kappa shape index (κ1) is 13.0. The van der Waals surface area contributed by atoms with Crippen LogP contribution < -0.4 is 10.2 Å². The minimum Gasteiger partial charge on any atom is -0.362 e. The van der Waals surface area contributed by atoms with Crippen molar-refractivity contribution in [1.29, 1.82) is 0 Å². The van der Waals surface area contributed by atoms with E-state index in [2.05, 4.69) is 43.4 Å². The van der Waals surface area contributed by atoms with Crippen LogP contribution in [0.15, 0.2) is 24.3 Å². The molecule has 0 saturated heterocycles. The van der Waals surface area contributed by atoms with Crippen LogP contribution in [0.5, 0.6) is 0 Å². The van der Waals surface area contributed by atoms with Crippen LogP contribution in [0.3, 0.4) is 0 Å². The van der Waals surface area contributed by atoms with Crippen molar-refractivity contribution in [3.05, 3.63) is 29.8 Å². The predicted octanol–water partition coefficient (Wildman–Crippen LogP) is 3.11. The lowest BCUT2D eigenvalue weighted by Gasteiger charge is -2.21. The highest BCUT2D eigenvalue weighted by Crippen LogP contribution is 2.13. The molecule has 1 aromatic rings. The zero-order valence-electron chi connectivity index (χ0n) is 10.3. The van der Waals surface area contributed by atoms with Crippen LogP contribution in [0, 0.1) is 6.92 Å². The number of hydrogen-bond donors (Lipinski definition) is 1. The molecule has 0 saturated carbocycles. The van der Waals surface area contributed by atoms with Gasteiger partial charge in [0.1, 0.15) is 0 Å². The highest BCUT2D eigenvalue weighted by atomic mass is 32.1. The maximum absolute atomic E-state index is 5.32. The Kier molecular flexibility index (Phi) is 5.26. The van der Waals surface area contributed by atoms with Gasteiger partial charge in [0.25, 0.3) is 0 Å². The summed E-state index contributed by atoms with van der Waals surface area (Å²) >= 11 is 5.32. The van der Waals surface area contributed by atoms with Gasteiger partial charge in [0.05, 0.1) is 0 Å². The Hall–Kier alpha value is -1.09. The van der Waals surface area contributed by atoms with Crippen molar-refractivity contribution in [2.75, 3.05) is 18.5 Å². The molecule has 88 valence electrons.